The second kappa shape index (κ2) is 9.96. The Balaban J connectivity index is 2.57. The zero-order chi connectivity index (χ0) is 13.9. The quantitative estimate of drug-likeness (QED) is 0.658. The van der Waals surface area contributed by atoms with Crippen LogP contribution in [0.5, 0.6) is 0 Å². The maximum absolute atomic E-state index is 5.44. The molecule has 0 heterocycles. The second-order valence-electron chi connectivity index (χ2n) is 4.61. The topological polar surface area (TPSA) is 24.5 Å². The predicted octanol–water partition coefficient (Wildman–Crippen LogP) is 2.65. The van der Waals surface area contributed by atoms with E-state index in [-0.39, 0.29) is 0 Å². The summed E-state index contributed by atoms with van der Waals surface area (Å²) in [5.74, 6) is 0. The number of nitrogens with zero attached hydrogens (tertiary/aromatic N) is 1. The van der Waals surface area contributed by atoms with Crippen molar-refractivity contribution in [1.82, 2.24) is 10.2 Å². The Bertz CT molecular complexity index is 341. The first kappa shape index (κ1) is 16.2. The molecule has 0 atom stereocenters. The molecular formula is C16H28N2O. The number of benzene rings is 1. The molecule has 0 aromatic heterocycles. The highest BCUT2D eigenvalue weighted by atomic mass is 16.5. The van der Waals surface area contributed by atoms with Crippen LogP contribution in [0.2, 0.25) is 0 Å². The lowest BCUT2D eigenvalue weighted by atomic mass is 10.1. The molecule has 0 unspecified atom stereocenters. The summed E-state index contributed by atoms with van der Waals surface area (Å²) in [5, 5.41) is 3.41. The molecule has 1 aromatic carbocycles. The van der Waals surface area contributed by atoms with Crippen molar-refractivity contribution >= 4 is 0 Å². The van der Waals surface area contributed by atoms with Crippen molar-refractivity contribution in [2.45, 2.75) is 33.9 Å². The highest BCUT2D eigenvalue weighted by molar-refractivity contribution is 5.26. The fourth-order valence-corrected chi connectivity index (χ4v) is 2.07. The first-order valence-electron chi connectivity index (χ1n) is 7.39. The minimum absolute atomic E-state index is 0.800. The molecule has 0 saturated carbocycles. The van der Waals surface area contributed by atoms with Gasteiger partial charge in [0, 0.05) is 26.2 Å². The summed E-state index contributed by atoms with van der Waals surface area (Å²) in [6, 6.07) is 8.69. The molecule has 1 aromatic rings. The Morgan fingerprint density at radius 1 is 1.11 bits per heavy atom. The monoisotopic (exact) mass is 264 g/mol. The standard InChI is InChI=1S/C16H28N2O/c1-4-17-13-15-9-7-8-10-16(15)14-18(5-2)11-12-19-6-3/h7-10,17H,4-6,11-14H2,1-3H3. The van der Waals surface area contributed by atoms with Crippen LogP contribution in [-0.4, -0.2) is 37.7 Å². The molecule has 3 nitrogen and oxygen atoms in total. The van der Waals surface area contributed by atoms with E-state index in [0.29, 0.717) is 0 Å². The van der Waals surface area contributed by atoms with Gasteiger partial charge in [-0.3, -0.25) is 4.90 Å². The third-order valence-corrected chi connectivity index (χ3v) is 3.28. The molecule has 0 radical (unpaired) electrons. The van der Waals surface area contributed by atoms with Crippen LogP contribution in [0.3, 0.4) is 0 Å². The summed E-state index contributed by atoms with van der Waals surface area (Å²) < 4.78 is 5.44. The van der Waals surface area contributed by atoms with Crippen LogP contribution in [0.15, 0.2) is 24.3 Å². The van der Waals surface area contributed by atoms with Crippen LogP contribution in [0.4, 0.5) is 0 Å². The van der Waals surface area contributed by atoms with Crippen molar-refractivity contribution in [3.8, 4) is 0 Å². The van der Waals surface area contributed by atoms with Crippen LogP contribution < -0.4 is 5.32 Å². The van der Waals surface area contributed by atoms with E-state index in [9.17, 15) is 0 Å². The van der Waals surface area contributed by atoms with Crippen molar-refractivity contribution < 1.29 is 4.74 Å². The summed E-state index contributed by atoms with van der Waals surface area (Å²) >= 11 is 0. The Hall–Kier alpha value is -0.900. The van der Waals surface area contributed by atoms with Crippen molar-refractivity contribution in [2.75, 3.05) is 32.8 Å². The van der Waals surface area contributed by atoms with Gasteiger partial charge in [0.1, 0.15) is 0 Å². The minimum atomic E-state index is 0.800. The third kappa shape index (κ3) is 6.19. The third-order valence-electron chi connectivity index (χ3n) is 3.28. The number of likely N-dealkylation sites (N-methyl/N-ethyl adjacent to an activating group) is 1. The molecule has 19 heavy (non-hydrogen) atoms. The van der Waals surface area contributed by atoms with E-state index in [1.807, 2.05) is 6.92 Å². The van der Waals surface area contributed by atoms with E-state index < -0.39 is 0 Å². The highest BCUT2D eigenvalue weighted by Crippen LogP contribution is 2.11. The zero-order valence-corrected chi connectivity index (χ0v) is 12.6. The maximum atomic E-state index is 5.44. The molecule has 1 N–H and O–H groups in total. The molecule has 0 fully saturated rings. The number of ether oxygens (including phenoxy) is 1. The molecule has 0 amide bonds. The molecule has 3 heteroatoms. The van der Waals surface area contributed by atoms with Crippen LogP contribution in [0.25, 0.3) is 0 Å². The van der Waals surface area contributed by atoms with Gasteiger partial charge in [0.25, 0.3) is 0 Å². The molecule has 0 bridgehead atoms. The molecule has 0 aliphatic heterocycles. The van der Waals surface area contributed by atoms with Gasteiger partial charge in [-0.2, -0.15) is 0 Å². The van der Waals surface area contributed by atoms with Gasteiger partial charge in [-0.25, -0.2) is 0 Å². The minimum Gasteiger partial charge on any atom is -0.380 e. The molecule has 0 saturated heterocycles. The SMILES string of the molecule is CCNCc1ccccc1CN(CC)CCOCC. The number of nitrogens with one attached hydrogen (secondary N) is 1. The smallest absolute Gasteiger partial charge is 0.0593 e. The Labute approximate surface area is 118 Å². The Morgan fingerprint density at radius 2 is 1.84 bits per heavy atom. The summed E-state index contributed by atoms with van der Waals surface area (Å²) in [4.78, 5) is 2.43. The largest absolute Gasteiger partial charge is 0.380 e. The van der Waals surface area contributed by atoms with Crippen LogP contribution in [0.1, 0.15) is 31.9 Å². The van der Waals surface area contributed by atoms with E-state index in [2.05, 4.69) is 48.3 Å². The number of hydrogen-bond acceptors (Lipinski definition) is 3. The summed E-state index contributed by atoms with van der Waals surface area (Å²) in [6.07, 6.45) is 0. The summed E-state index contributed by atoms with van der Waals surface area (Å²) in [5.41, 5.74) is 2.82. The zero-order valence-electron chi connectivity index (χ0n) is 12.6. The Morgan fingerprint density at radius 3 is 2.47 bits per heavy atom. The fourth-order valence-electron chi connectivity index (χ4n) is 2.07. The van der Waals surface area contributed by atoms with Gasteiger partial charge in [-0.05, 0) is 31.1 Å². The van der Waals surface area contributed by atoms with E-state index in [1.54, 1.807) is 0 Å². The van der Waals surface area contributed by atoms with Gasteiger partial charge in [-0.1, -0.05) is 38.1 Å². The lowest BCUT2D eigenvalue weighted by molar-refractivity contribution is 0.113. The van der Waals surface area contributed by atoms with Gasteiger partial charge in [0.05, 0.1) is 6.61 Å². The maximum Gasteiger partial charge on any atom is 0.0593 e. The molecule has 0 aliphatic rings. The van der Waals surface area contributed by atoms with Gasteiger partial charge >= 0.3 is 0 Å². The summed E-state index contributed by atoms with van der Waals surface area (Å²) in [7, 11) is 0. The number of rotatable bonds is 10. The number of hydrogen-bond donors (Lipinski definition) is 1. The van der Waals surface area contributed by atoms with E-state index >= 15 is 0 Å². The van der Waals surface area contributed by atoms with Crippen LogP contribution in [0, 0.1) is 0 Å². The average molecular weight is 264 g/mol. The summed E-state index contributed by atoms with van der Waals surface area (Å²) in [6.45, 7) is 13.0. The fraction of sp³-hybridized carbons (Fsp3) is 0.625. The average Bonchev–Trinajstić information content (AvgIpc) is 2.45. The molecular weight excluding hydrogens is 236 g/mol. The highest BCUT2D eigenvalue weighted by Gasteiger charge is 2.07. The van der Waals surface area contributed by atoms with Gasteiger partial charge in [0.15, 0.2) is 0 Å². The second-order valence-corrected chi connectivity index (χ2v) is 4.61. The van der Waals surface area contributed by atoms with Gasteiger partial charge in [0.2, 0.25) is 0 Å². The van der Waals surface area contributed by atoms with E-state index in [1.165, 1.54) is 11.1 Å². The van der Waals surface area contributed by atoms with Crippen LogP contribution in [-0.2, 0) is 17.8 Å². The van der Waals surface area contributed by atoms with Gasteiger partial charge in [-0.15, -0.1) is 0 Å². The van der Waals surface area contributed by atoms with Crippen molar-refractivity contribution in [3.05, 3.63) is 35.4 Å². The molecule has 0 aliphatic carbocycles. The molecule has 0 spiro atoms. The molecule has 1 rings (SSSR count). The lowest BCUT2D eigenvalue weighted by Crippen LogP contribution is -2.28. The van der Waals surface area contributed by atoms with Crippen LogP contribution >= 0.6 is 0 Å². The van der Waals surface area contributed by atoms with Gasteiger partial charge < -0.3 is 10.1 Å². The lowest BCUT2D eigenvalue weighted by Gasteiger charge is -2.22. The van der Waals surface area contributed by atoms with E-state index in [0.717, 1.165) is 45.9 Å². The van der Waals surface area contributed by atoms with Crippen molar-refractivity contribution in [3.63, 3.8) is 0 Å². The first-order valence-corrected chi connectivity index (χ1v) is 7.39. The van der Waals surface area contributed by atoms with E-state index in [4.69, 9.17) is 4.74 Å². The van der Waals surface area contributed by atoms with Crippen molar-refractivity contribution in [1.29, 1.82) is 0 Å². The van der Waals surface area contributed by atoms with Crippen molar-refractivity contribution in [2.24, 2.45) is 0 Å². The molecule has 108 valence electrons. The first-order chi connectivity index (χ1) is 9.31. The Kier molecular flexibility index (Phi) is 8.47. The predicted molar refractivity (Wildman–Crippen MR) is 81.3 cm³/mol. The normalized spacial score (nSPS) is 11.2.